The molecule has 2 heterocycles. The van der Waals surface area contributed by atoms with E-state index in [1.807, 2.05) is 12.3 Å². The van der Waals surface area contributed by atoms with Gasteiger partial charge in [-0.3, -0.25) is 0 Å². The maximum Gasteiger partial charge on any atom is 0.257 e. The number of sulfonamides is 1. The fourth-order valence-corrected chi connectivity index (χ4v) is 3.19. The summed E-state index contributed by atoms with van der Waals surface area (Å²) < 4.78 is 26.2. The third-order valence-corrected chi connectivity index (χ3v) is 4.66. The van der Waals surface area contributed by atoms with Gasteiger partial charge in [0.1, 0.15) is 5.82 Å². The van der Waals surface area contributed by atoms with Crippen molar-refractivity contribution in [2.45, 2.75) is 24.5 Å². The lowest BCUT2D eigenvalue weighted by molar-refractivity contribution is 0.182. The third kappa shape index (κ3) is 3.41. The quantitative estimate of drug-likeness (QED) is 0.743. The zero-order valence-electron chi connectivity index (χ0n) is 10.3. The Kier molecular flexibility index (Phi) is 4.35. The first-order chi connectivity index (χ1) is 9.03. The van der Waals surface area contributed by atoms with Gasteiger partial charge >= 0.3 is 0 Å². The number of aromatic nitrogens is 2. The Hall–Kier alpha value is -1.22. The van der Waals surface area contributed by atoms with E-state index in [2.05, 4.69) is 14.7 Å². The standard InChI is InChI=1S/C11H15N3O3S2/c1-2-10-12-6-11(14-10)19(16,17)13-5-9(15)8-3-4-18-7-8/h3-4,6-7,9,13,15H,2,5H2,1H3,(H,12,14). The molecule has 104 valence electrons. The molecule has 0 aliphatic heterocycles. The number of rotatable bonds is 6. The van der Waals surface area contributed by atoms with E-state index in [4.69, 9.17) is 0 Å². The molecule has 0 amide bonds. The van der Waals surface area contributed by atoms with Gasteiger partial charge in [0.25, 0.3) is 10.0 Å². The maximum absolute atomic E-state index is 11.9. The van der Waals surface area contributed by atoms with Crippen molar-refractivity contribution in [2.75, 3.05) is 6.54 Å². The summed E-state index contributed by atoms with van der Waals surface area (Å²) in [6.07, 6.45) is 1.06. The lowest BCUT2D eigenvalue weighted by Crippen LogP contribution is -2.28. The number of aliphatic hydroxyl groups excluding tert-OH is 1. The van der Waals surface area contributed by atoms with Crippen molar-refractivity contribution in [1.29, 1.82) is 0 Å². The third-order valence-electron chi connectivity index (χ3n) is 2.62. The second kappa shape index (κ2) is 5.83. The number of aromatic amines is 1. The molecule has 1 atom stereocenters. The van der Waals surface area contributed by atoms with Crippen molar-refractivity contribution in [3.8, 4) is 0 Å². The van der Waals surface area contributed by atoms with Crippen molar-refractivity contribution in [2.24, 2.45) is 0 Å². The molecule has 19 heavy (non-hydrogen) atoms. The van der Waals surface area contributed by atoms with E-state index < -0.39 is 16.1 Å². The SMILES string of the molecule is CCc1ncc(S(=O)(=O)NCC(O)c2ccsc2)[nH]1. The Labute approximate surface area is 115 Å². The van der Waals surface area contributed by atoms with Crippen LogP contribution in [0.3, 0.4) is 0 Å². The average molecular weight is 301 g/mol. The lowest BCUT2D eigenvalue weighted by atomic mass is 10.2. The van der Waals surface area contributed by atoms with Gasteiger partial charge < -0.3 is 10.1 Å². The Morgan fingerprint density at radius 1 is 1.58 bits per heavy atom. The molecule has 0 aliphatic rings. The van der Waals surface area contributed by atoms with Gasteiger partial charge in [-0.05, 0) is 22.4 Å². The van der Waals surface area contributed by atoms with Gasteiger partial charge in [-0.15, -0.1) is 0 Å². The molecular weight excluding hydrogens is 286 g/mol. The first-order valence-electron chi connectivity index (χ1n) is 5.76. The summed E-state index contributed by atoms with van der Waals surface area (Å²) in [6, 6.07) is 1.76. The fourth-order valence-electron chi connectivity index (χ4n) is 1.51. The summed E-state index contributed by atoms with van der Waals surface area (Å²) in [7, 11) is -3.66. The zero-order chi connectivity index (χ0) is 13.9. The molecule has 0 saturated heterocycles. The number of aliphatic hydroxyl groups is 1. The zero-order valence-corrected chi connectivity index (χ0v) is 12.0. The molecule has 0 aromatic carbocycles. The van der Waals surface area contributed by atoms with Gasteiger partial charge in [-0.2, -0.15) is 11.3 Å². The van der Waals surface area contributed by atoms with Crippen LogP contribution in [0.1, 0.15) is 24.4 Å². The number of nitrogens with zero attached hydrogens (tertiary/aromatic N) is 1. The van der Waals surface area contributed by atoms with Crippen LogP contribution < -0.4 is 4.72 Å². The fraction of sp³-hybridized carbons (Fsp3) is 0.364. The van der Waals surface area contributed by atoms with Gasteiger partial charge in [0.2, 0.25) is 0 Å². The van der Waals surface area contributed by atoms with E-state index in [1.165, 1.54) is 17.5 Å². The molecule has 2 rings (SSSR count). The molecule has 0 bridgehead atoms. The van der Waals surface area contributed by atoms with Gasteiger partial charge in [0.15, 0.2) is 5.03 Å². The molecule has 8 heteroatoms. The minimum absolute atomic E-state index is 0.0156. The largest absolute Gasteiger partial charge is 0.387 e. The van der Waals surface area contributed by atoms with E-state index in [0.717, 1.165) is 0 Å². The van der Waals surface area contributed by atoms with Crippen LogP contribution in [0.4, 0.5) is 0 Å². The number of aryl methyl sites for hydroxylation is 1. The van der Waals surface area contributed by atoms with Gasteiger partial charge in [-0.25, -0.2) is 18.1 Å². The number of nitrogens with one attached hydrogen (secondary N) is 2. The van der Waals surface area contributed by atoms with E-state index in [9.17, 15) is 13.5 Å². The van der Waals surface area contributed by atoms with Crippen LogP contribution in [-0.4, -0.2) is 30.0 Å². The van der Waals surface area contributed by atoms with E-state index in [-0.39, 0.29) is 11.6 Å². The molecule has 0 aliphatic carbocycles. The molecule has 0 saturated carbocycles. The second-order valence-electron chi connectivity index (χ2n) is 3.97. The van der Waals surface area contributed by atoms with Crippen LogP contribution in [0, 0.1) is 0 Å². The highest BCUT2D eigenvalue weighted by Crippen LogP contribution is 2.16. The maximum atomic E-state index is 11.9. The molecule has 2 aromatic heterocycles. The van der Waals surface area contributed by atoms with E-state index in [1.54, 1.807) is 11.4 Å². The molecule has 0 fully saturated rings. The Bertz CT molecular complexity index is 619. The predicted octanol–water partition coefficient (Wildman–Crippen LogP) is 1.05. The van der Waals surface area contributed by atoms with Gasteiger partial charge in [-0.1, -0.05) is 6.92 Å². The second-order valence-corrected chi connectivity index (χ2v) is 6.49. The molecular formula is C11H15N3O3S2. The minimum atomic E-state index is -3.66. The van der Waals surface area contributed by atoms with Crippen LogP contribution in [-0.2, 0) is 16.4 Å². The number of imidazole rings is 1. The molecule has 2 aromatic rings. The van der Waals surface area contributed by atoms with Gasteiger partial charge in [0.05, 0.1) is 12.3 Å². The van der Waals surface area contributed by atoms with Crippen LogP contribution >= 0.6 is 11.3 Å². The summed E-state index contributed by atoms with van der Waals surface area (Å²) in [5, 5.41) is 13.5. The van der Waals surface area contributed by atoms with Crippen molar-refractivity contribution in [3.05, 3.63) is 34.4 Å². The summed E-state index contributed by atoms with van der Waals surface area (Å²) >= 11 is 1.45. The van der Waals surface area contributed by atoms with E-state index >= 15 is 0 Å². The first kappa shape index (κ1) is 14.2. The lowest BCUT2D eigenvalue weighted by Gasteiger charge is -2.10. The highest BCUT2D eigenvalue weighted by molar-refractivity contribution is 7.89. The highest BCUT2D eigenvalue weighted by Gasteiger charge is 2.19. The van der Waals surface area contributed by atoms with Crippen molar-refractivity contribution in [3.63, 3.8) is 0 Å². The van der Waals surface area contributed by atoms with Crippen LogP contribution in [0.25, 0.3) is 0 Å². The summed E-state index contributed by atoms with van der Waals surface area (Å²) in [5.41, 5.74) is 0.701. The Balaban J connectivity index is 2.01. The molecule has 0 spiro atoms. The smallest absolute Gasteiger partial charge is 0.257 e. The monoisotopic (exact) mass is 301 g/mol. The minimum Gasteiger partial charge on any atom is -0.387 e. The van der Waals surface area contributed by atoms with Crippen molar-refractivity contribution in [1.82, 2.24) is 14.7 Å². The highest BCUT2D eigenvalue weighted by atomic mass is 32.2. The molecule has 3 N–H and O–H groups in total. The summed E-state index contributed by atoms with van der Waals surface area (Å²) in [4.78, 5) is 6.66. The topological polar surface area (TPSA) is 95.1 Å². The molecule has 0 radical (unpaired) electrons. The Morgan fingerprint density at radius 3 is 2.95 bits per heavy atom. The number of hydrogen-bond donors (Lipinski definition) is 3. The van der Waals surface area contributed by atoms with E-state index in [0.29, 0.717) is 17.8 Å². The van der Waals surface area contributed by atoms with Crippen LogP contribution in [0.15, 0.2) is 28.0 Å². The average Bonchev–Trinajstić information content (AvgIpc) is 3.06. The van der Waals surface area contributed by atoms with Crippen LogP contribution in [0.5, 0.6) is 0 Å². The van der Waals surface area contributed by atoms with Crippen molar-refractivity contribution >= 4 is 21.4 Å². The van der Waals surface area contributed by atoms with Crippen molar-refractivity contribution < 1.29 is 13.5 Å². The molecule has 1 unspecified atom stereocenters. The van der Waals surface area contributed by atoms with Crippen LogP contribution in [0.2, 0.25) is 0 Å². The predicted molar refractivity (Wildman–Crippen MR) is 72.4 cm³/mol. The summed E-state index contributed by atoms with van der Waals surface area (Å²) in [6.45, 7) is 1.81. The number of hydrogen-bond acceptors (Lipinski definition) is 5. The first-order valence-corrected chi connectivity index (χ1v) is 8.19. The van der Waals surface area contributed by atoms with Gasteiger partial charge in [0, 0.05) is 13.0 Å². The molecule has 6 nitrogen and oxygen atoms in total. The number of thiophene rings is 1. The Morgan fingerprint density at radius 2 is 2.37 bits per heavy atom. The normalized spacial score (nSPS) is 13.6. The number of H-pyrrole nitrogens is 1. The summed E-state index contributed by atoms with van der Waals surface area (Å²) in [5.74, 6) is 0.610.